The van der Waals surface area contributed by atoms with Gasteiger partial charge >= 0.3 is 12.1 Å². The lowest BCUT2D eigenvalue weighted by atomic mass is 10.1. The van der Waals surface area contributed by atoms with E-state index in [2.05, 4.69) is 84.4 Å². The lowest BCUT2D eigenvalue weighted by Crippen LogP contribution is -2.54. The van der Waals surface area contributed by atoms with Gasteiger partial charge in [-0.15, -0.1) is 5.10 Å². The van der Waals surface area contributed by atoms with Crippen molar-refractivity contribution >= 4 is 56.3 Å². The maximum atomic E-state index is 12.6. The van der Waals surface area contributed by atoms with Crippen molar-refractivity contribution in [3.8, 4) is 0 Å². The Morgan fingerprint density at radius 1 is 0.935 bits per heavy atom. The molecule has 46 heavy (non-hydrogen) atoms. The molecule has 1 saturated heterocycles. The summed E-state index contributed by atoms with van der Waals surface area (Å²) in [5, 5.41) is 4.00. The van der Waals surface area contributed by atoms with Crippen molar-refractivity contribution in [2.75, 3.05) is 31.3 Å². The maximum Gasteiger partial charge on any atom is 0.508 e. The van der Waals surface area contributed by atoms with Crippen molar-refractivity contribution in [1.82, 2.24) is 14.8 Å². The fraction of sp³-hybridized carbons (Fsp3) is 0.759. The van der Waals surface area contributed by atoms with Crippen LogP contribution in [0.2, 0.25) is 36.3 Å². The molecule has 1 aromatic heterocycles. The first kappa shape index (κ1) is 40.3. The number of carbonyl (C=O) groups excluding carboxylic acids is 3. The van der Waals surface area contributed by atoms with Crippen LogP contribution in [0.5, 0.6) is 0 Å². The van der Waals surface area contributed by atoms with Crippen LogP contribution in [0.3, 0.4) is 0 Å². The van der Waals surface area contributed by atoms with Crippen molar-refractivity contribution in [1.29, 1.82) is 0 Å². The molecule has 0 bridgehead atoms. The van der Waals surface area contributed by atoms with E-state index in [9.17, 15) is 14.4 Å². The standard InChI is InChI=1S/C29H52N4O9S2Si2/c1-19(2)26(35)37-13-15-43-44-16-14-38-27(36)39-17-20-21(41-45(9,10)28(3,4)5)22(42-46(11,12)29(6,7)8)25(40-20)33-18-31-24(32-33)23(30)34/h18,20-22,25H,1,13-17H2,2-12H3,(H2,30,34). The molecule has 1 aromatic rings. The van der Waals surface area contributed by atoms with Gasteiger partial charge in [-0.2, -0.15) is 0 Å². The Bertz CT molecular complexity index is 1220. The lowest BCUT2D eigenvalue weighted by molar-refractivity contribution is -0.138. The summed E-state index contributed by atoms with van der Waals surface area (Å²) in [4.78, 5) is 39.8. The smallest absolute Gasteiger partial charge is 0.461 e. The molecule has 1 fully saturated rings. The Balaban J connectivity index is 2.17. The molecule has 4 unspecified atom stereocenters. The molecular weight excluding hydrogens is 669 g/mol. The average molecular weight is 721 g/mol. The number of primary amides is 1. The molecule has 0 saturated carbocycles. The molecule has 1 aliphatic heterocycles. The van der Waals surface area contributed by atoms with Crippen LogP contribution in [0.25, 0.3) is 0 Å². The SMILES string of the molecule is C=C(C)C(=O)OCCSSCCOC(=O)OCC1OC(n2cnc(C(N)=O)n2)C(O[Si](C)(C)C(C)(C)C)C1O[Si](C)(C)C(C)(C)C. The first-order valence-corrected chi connectivity index (χ1v) is 23.5. The molecule has 0 radical (unpaired) electrons. The Kier molecular flexibility index (Phi) is 14.4. The molecule has 17 heteroatoms. The molecule has 2 N–H and O–H groups in total. The zero-order chi connectivity index (χ0) is 35.1. The minimum atomic E-state index is -2.40. The third kappa shape index (κ3) is 11.4. The van der Waals surface area contributed by atoms with Crippen LogP contribution in [-0.4, -0.2) is 99.1 Å². The molecule has 2 rings (SSSR count). The van der Waals surface area contributed by atoms with Gasteiger partial charge in [-0.1, -0.05) is 69.7 Å². The number of nitrogens with zero attached hydrogens (tertiary/aromatic N) is 3. The Morgan fingerprint density at radius 2 is 1.46 bits per heavy atom. The molecule has 4 atom stereocenters. The van der Waals surface area contributed by atoms with Crippen molar-refractivity contribution in [2.24, 2.45) is 5.73 Å². The normalized spacial score (nSPS) is 20.8. The molecule has 0 aliphatic carbocycles. The van der Waals surface area contributed by atoms with E-state index in [1.807, 2.05) is 0 Å². The predicted molar refractivity (Wildman–Crippen MR) is 185 cm³/mol. The maximum absolute atomic E-state index is 12.6. The Hall–Kier alpha value is -1.90. The molecule has 1 amide bonds. The van der Waals surface area contributed by atoms with E-state index in [0.717, 1.165) is 0 Å². The summed E-state index contributed by atoms with van der Waals surface area (Å²) >= 11 is 0. The first-order chi connectivity index (χ1) is 21.1. The number of hydrogen-bond acceptors (Lipinski definition) is 13. The van der Waals surface area contributed by atoms with E-state index in [1.54, 1.807) is 6.92 Å². The number of hydrogen-bond donors (Lipinski definition) is 1. The van der Waals surface area contributed by atoms with Crippen LogP contribution in [0, 0.1) is 0 Å². The van der Waals surface area contributed by atoms with Gasteiger partial charge in [0.05, 0.1) is 0 Å². The van der Waals surface area contributed by atoms with Gasteiger partial charge in [0.2, 0.25) is 5.82 Å². The van der Waals surface area contributed by atoms with Crippen LogP contribution in [-0.2, 0) is 32.6 Å². The predicted octanol–water partition coefficient (Wildman–Crippen LogP) is 5.71. The van der Waals surface area contributed by atoms with Crippen molar-refractivity contribution in [3.63, 3.8) is 0 Å². The first-order valence-electron chi connectivity index (χ1n) is 15.2. The quantitative estimate of drug-likeness (QED) is 0.0727. The number of aromatic nitrogens is 3. The topological polar surface area (TPSA) is 163 Å². The highest BCUT2D eigenvalue weighted by Crippen LogP contribution is 2.45. The summed E-state index contributed by atoms with van der Waals surface area (Å²) in [7, 11) is -1.82. The molecular formula is C29H52N4O9S2Si2. The highest BCUT2D eigenvalue weighted by molar-refractivity contribution is 8.76. The van der Waals surface area contributed by atoms with Crippen LogP contribution in [0.1, 0.15) is 65.3 Å². The Labute approximate surface area is 283 Å². The number of esters is 1. The summed E-state index contributed by atoms with van der Waals surface area (Å²) < 4.78 is 37.6. The minimum absolute atomic E-state index is 0.131. The summed E-state index contributed by atoms with van der Waals surface area (Å²) in [6.45, 7) is 26.8. The highest BCUT2D eigenvalue weighted by atomic mass is 33.1. The van der Waals surface area contributed by atoms with Gasteiger partial charge in [0.1, 0.15) is 44.5 Å². The number of ether oxygens (including phenoxy) is 4. The number of nitrogens with two attached hydrogens (primary N) is 1. The number of amides is 1. The van der Waals surface area contributed by atoms with E-state index in [0.29, 0.717) is 17.1 Å². The fourth-order valence-corrected chi connectivity index (χ4v) is 7.89. The monoisotopic (exact) mass is 720 g/mol. The summed E-state index contributed by atoms with van der Waals surface area (Å²) in [6.07, 6.45) is -2.28. The second-order valence-electron chi connectivity index (χ2n) is 14.1. The van der Waals surface area contributed by atoms with Crippen LogP contribution in [0.4, 0.5) is 4.79 Å². The molecule has 262 valence electrons. The van der Waals surface area contributed by atoms with Crippen LogP contribution in [0.15, 0.2) is 18.5 Å². The zero-order valence-electron chi connectivity index (χ0n) is 29.0. The summed E-state index contributed by atoms with van der Waals surface area (Å²) in [5.41, 5.74) is 5.79. The third-order valence-electron chi connectivity index (χ3n) is 8.33. The second kappa shape index (κ2) is 16.5. The van der Waals surface area contributed by atoms with Crippen molar-refractivity contribution in [3.05, 3.63) is 24.3 Å². The average Bonchev–Trinajstić information content (AvgIpc) is 3.53. The lowest BCUT2D eigenvalue weighted by Gasteiger charge is -2.44. The van der Waals surface area contributed by atoms with E-state index >= 15 is 0 Å². The van der Waals surface area contributed by atoms with Gasteiger partial charge < -0.3 is 33.5 Å². The molecule has 0 spiro atoms. The Morgan fingerprint density at radius 3 is 1.93 bits per heavy atom. The van der Waals surface area contributed by atoms with Gasteiger partial charge in [0.15, 0.2) is 22.9 Å². The summed E-state index contributed by atoms with van der Waals surface area (Å²) in [6, 6.07) is 0. The van der Waals surface area contributed by atoms with Gasteiger partial charge in [0.25, 0.3) is 5.91 Å². The third-order valence-corrected chi connectivity index (χ3v) is 19.6. The van der Waals surface area contributed by atoms with Crippen molar-refractivity contribution in [2.45, 2.75) is 109 Å². The zero-order valence-corrected chi connectivity index (χ0v) is 32.7. The molecule has 1 aliphatic rings. The van der Waals surface area contributed by atoms with E-state index < -0.39 is 59.2 Å². The van der Waals surface area contributed by atoms with E-state index in [4.69, 9.17) is 33.5 Å². The number of carbonyl (C=O) groups is 3. The summed E-state index contributed by atoms with van der Waals surface area (Å²) in [5.74, 6) is -0.221. The highest BCUT2D eigenvalue weighted by Gasteiger charge is 2.55. The molecule has 2 heterocycles. The van der Waals surface area contributed by atoms with Crippen molar-refractivity contribution < 1.29 is 42.2 Å². The van der Waals surface area contributed by atoms with Gasteiger partial charge in [-0.05, 0) is 43.2 Å². The fourth-order valence-electron chi connectivity index (χ4n) is 3.63. The number of rotatable bonds is 16. The van der Waals surface area contributed by atoms with Crippen LogP contribution < -0.4 is 5.73 Å². The largest absolute Gasteiger partial charge is 0.508 e. The van der Waals surface area contributed by atoms with Gasteiger partial charge in [-0.3, -0.25) is 4.79 Å². The second-order valence-corrected chi connectivity index (χ2v) is 26.3. The molecule has 13 nitrogen and oxygen atoms in total. The van der Waals surface area contributed by atoms with E-state index in [1.165, 1.54) is 32.6 Å². The minimum Gasteiger partial charge on any atom is -0.461 e. The van der Waals surface area contributed by atoms with Gasteiger partial charge in [-0.25, -0.2) is 19.3 Å². The van der Waals surface area contributed by atoms with Crippen LogP contribution >= 0.6 is 21.6 Å². The van der Waals surface area contributed by atoms with Gasteiger partial charge in [0, 0.05) is 17.1 Å². The van der Waals surface area contributed by atoms with E-state index in [-0.39, 0.29) is 35.7 Å². The molecule has 0 aromatic carbocycles.